The molecule has 0 aliphatic carbocycles. The highest BCUT2D eigenvalue weighted by atomic mass is 16.5. The third-order valence-electron chi connectivity index (χ3n) is 4.44. The maximum absolute atomic E-state index is 12.3. The number of aromatic hydroxyl groups is 1. The summed E-state index contributed by atoms with van der Waals surface area (Å²) < 4.78 is 10.4. The van der Waals surface area contributed by atoms with Crippen molar-refractivity contribution >= 4 is 18.1 Å². The van der Waals surface area contributed by atoms with E-state index in [2.05, 4.69) is 6.58 Å². The van der Waals surface area contributed by atoms with Crippen LogP contribution in [0, 0.1) is 6.92 Å². The van der Waals surface area contributed by atoms with Crippen LogP contribution in [0.2, 0.25) is 0 Å². The zero-order valence-corrected chi connectivity index (χ0v) is 16.3. The summed E-state index contributed by atoms with van der Waals surface area (Å²) in [4.78, 5) is 12.3. The van der Waals surface area contributed by atoms with Crippen molar-refractivity contribution in [2.24, 2.45) is 0 Å². The molecule has 0 amide bonds. The summed E-state index contributed by atoms with van der Waals surface area (Å²) in [5.41, 5.74) is 4.38. The van der Waals surface area contributed by atoms with E-state index in [1.165, 1.54) is 7.11 Å². The molecule has 2 aromatic carbocycles. The molecule has 0 aromatic heterocycles. The summed E-state index contributed by atoms with van der Waals surface area (Å²) in [6.45, 7) is 7.83. The molecule has 27 heavy (non-hydrogen) atoms. The number of aryl methyl sites for hydroxylation is 1. The average Bonchev–Trinajstić information content (AvgIpc) is 2.65. The summed E-state index contributed by atoms with van der Waals surface area (Å²) in [6.07, 6.45) is 4.90. The van der Waals surface area contributed by atoms with Gasteiger partial charge in [0.15, 0.2) is 0 Å². The van der Waals surface area contributed by atoms with Crippen molar-refractivity contribution in [2.75, 3.05) is 14.2 Å². The Labute approximate surface area is 160 Å². The summed E-state index contributed by atoms with van der Waals surface area (Å²) in [5.74, 6) is -0.158. The van der Waals surface area contributed by atoms with Gasteiger partial charge in [0.2, 0.25) is 0 Å². The lowest BCUT2D eigenvalue weighted by molar-refractivity contribution is 0.0597. The highest BCUT2D eigenvalue weighted by molar-refractivity contribution is 5.98. The molecule has 1 N–H and O–H groups in total. The standard InChI is InChI=1S/C23H26O4/c1-15(2)10-13-19-20(26-4)14-18(21(22(19)24)23(25)27-5)12-11-17-9-7-6-8-16(17)3/h6-9,11-12,14,24H,1,10,13H2,2-5H3. The molecule has 0 atom stereocenters. The fourth-order valence-corrected chi connectivity index (χ4v) is 2.87. The number of methoxy groups -OCH3 is 2. The van der Waals surface area contributed by atoms with Crippen LogP contribution < -0.4 is 4.74 Å². The van der Waals surface area contributed by atoms with Crippen LogP contribution in [0.25, 0.3) is 12.2 Å². The van der Waals surface area contributed by atoms with Crippen molar-refractivity contribution in [3.63, 3.8) is 0 Å². The Hall–Kier alpha value is -3.01. The Morgan fingerprint density at radius 3 is 2.44 bits per heavy atom. The Morgan fingerprint density at radius 2 is 1.85 bits per heavy atom. The van der Waals surface area contributed by atoms with Gasteiger partial charge in [-0.15, -0.1) is 6.58 Å². The number of carbonyl (C=O) groups excluding carboxylic acids is 1. The van der Waals surface area contributed by atoms with E-state index in [9.17, 15) is 9.90 Å². The normalized spacial score (nSPS) is 10.8. The number of esters is 1. The van der Waals surface area contributed by atoms with Crippen molar-refractivity contribution in [1.82, 2.24) is 0 Å². The molecular weight excluding hydrogens is 340 g/mol. The molecule has 142 valence electrons. The van der Waals surface area contributed by atoms with Crippen LogP contribution in [0.5, 0.6) is 11.5 Å². The lowest BCUT2D eigenvalue weighted by atomic mass is 9.96. The first-order valence-electron chi connectivity index (χ1n) is 8.78. The van der Waals surface area contributed by atoms with Gasteiger partial charge in [-0.2, -0.15) is 0 Å². The molecule has 4 nitrogen and oxygen atoms in total. The molecule has 0 spiro atoms. The van der Waals surface area contributed by atoms with E-state index in [0.717, 1.165) is 16.7 Å². The first kappa shape index (κ1) is 20.3. The number of rotatable bonds is 7. The predicted octanol–water partition coefficient (Wildman–Crippen LogP) is 5.17. The monoisotopic (exact) mass is 366 g/mol. The van der Waals surface area contributed by atoms with Crippen LogP contribution in [0.1, 0.15) is 46.0 Å². The van der Waals surface area contributed by atoms with Gasteiger partial charge in [0.05, 0.1) is 14.2 Å². The number of phenols is 1. The largest absolute Gasteiger partial charge is 0.507 e. The molecule has 2 rings (SSSR count). The number of allylic oxidation sites excluding steroid dienone is 1. The fourth-order valence-electron chi connectivity index (χ4n) is 2.87. The fraction of sp³-hybridized carbons (Fsp3) is 0.261. The van der Waals surface area contributed by atoms with Crippen LogP contribution in [0.4, 0.5) is 0 Å². The SMILES string of the molecule is C=C(C)CCc1c(OC)cc(C=Cc2ccccc2C)c(C(=O)OC)c1O. The lowest BCUT2D eigenvalue weighted by Crippen LogP contribution is -2.07. The molecular formula is C23H26O4. The van der Waals surface area contributed by atoms with Gasteiger partial charge in [0.25, 0.3) is 0 Å². The molecule has 0 heterocycles. The van der Waals surface area contributed by atoms with Crippen molar-refractivity contribution in [2.45, 2.75) is 26.7 Å². The Bertz CT molecular complexity index is 878. The molecule has 0 aliphatic heterocycles. The summed E-state index contributed by atoms with van der Waals surface area (Å²) in [7, 11) is 2.85. The van der Waals surface area contributed by atoms with Gasteiger partial charge < -0.3 is 14.6 Å². The maximum Gasteiger partial charge on any atom is 0.342 e. The summed E-state index contributed by atoms with van der Waals surface area (Å²) >= 11 is 0. The molecule has 0 saturated carbocycles. The van der Waals surface area contributed by atoms with E-state index in [4.69, 9.17) is 9.47 Å². The van der Waals surface area contributed by atoms with E-state index in [-0.39, 0.29) is 11.3 Å². The second-order valence-corrected chi connectivity index (χ2v) is 6.51. The quantitative estimate of drug-likeness (QED) is 0.417. The maximum atomic E-state index is 12.3. The minimum atomic E-state index is -0.587. The second kappa shape index (κ2) is 9.08. The van der Waals surface area contributed by atoms with E-state index >= 15 is 0 Å². The number of hydrogen-bond donors (Lipinski definition) is 1. The average molecular weight is 366 g/mol. The third-order valence-corrected chi connectivity index (χ3v) is 4.44. The van der Waals surface area contributed by atoms with E-state index in [0.29, 0.717) is 29.7 Å². The second-order valence-electron chi connectivity index (χ2n) is 6.51. The molecule has 4 heteroatoms. The first-order valence-corrected chi connectivity index (χ1v) is 8.78. The minimum Gasteiger partial charge on any atom is -0.507 e. The van der Waals surface area contributed by atoms with Gasteiger partial charge in [-0.3, -0.25) is 0 Å². The molecule has 0 unspecified atom stereocenters. The first-order chi connectivity index (χ1) is 12.9. The van der Waals surface area contributed by atoms with Crippen molar-refractivity contribution in [1.29, 1.82) is 0 Å². The van der Waals surface area contributed by atoms with Gasteiger partial charge >= 0.3 is 5.97 Å². The van der Waals surface area contributed by atoms with Gasteiger partial charge in [0.1, 0.15) is 17.1 Å². The number of phenolic OH excluding ortho intramolecular Hbond substituents is 1. The van der Waals surface area contributed by atoms with E-state index in [1.54, 1.807) is 19.3 Å². The highest BCUT2D eigenvalue weighted by Crippen LogP contribution is 2.37. The Kier molecular flexibility index (Phi) is 6.83. The van der Waals surface area contributed by atoms with Gasteiger partial charge in [-0.05, 0) is 49.4 Å². The van der Waals surface area contributed by atoms with E-state index < -0.39 is 5.97 Å². The van der Waals surface area contributed by atoms with Crippen LogP contribution in [-0.2, 0) is 11.2 Å². The highest BCUT2D eigenvalue weighted by Gasteiger charge is 2.22. The van der Waals surface area contributed by atoms with Crippen LogP contribution in [0.15, 0.2) is 42.5 Å². The van der Waals surface area contributed by atoms with Crippen molar-refractivity contribution < 1.29 is 19.4 Å². The van der Waals surface area contributed by atoms with E-state index in [1.807, 2.05) is 44.2 Å². The van der Waals surface area contributed by atoms with Crippen LogP contribution >= 0.6 is 0 Å². The molecule has 0 bridgehead atoms. The molecule has 0 saturated heterocycles. The van der Waals surface area contributed by atoms with Crippen molar-refractivity contribution in [3.05, 3.63) is 70.3 Å². The molecule has 2 aromatic rings. The number of carbonyl (C=O) groups is 1. The number of hydrogen-bond acceptors (Lipinski definition) is 4. The lowest BCUT2D eigenvalue weighted by Gasteiger charge is -2.16. The van der Waals surface area contributed by atoms with Gasteiger partial charge in [-0.25, -0.2) is 4.79 Å². The zero-order valence-electron chi connectivity index (χ0n) is 16.3. The number of benzene rings is 2. The third kappa shape index (κ3) is 4.79. The van der Waals surface area contributed by atoms with Gasteiger partial charge in [-0.1, -0.05) is 42.0 Å². The number of ether oxygens (including phenoxy) is 2. The van der Waals surface area contributed by atoms with Gasteiger partial charge in [0, 0.05) is 5.56 Å². The van der Waals surface area contributed by atoms with Crippen LogP contribution in [0.3, 0.4) is 0 Å². The smallest absolute Gasteiger partial charge is 0.342 e. The molecule has 0 radical (unpaired) electrons. The predicted molar refractivity (Wildman–Crippen MR) is 109 cm³/mol. The Balaban J connectivity index is 2.58. The molecule has 0 aliphatic rings. The summed E-state index contributed by atoms with van der Waals surface area (Å²) in [5, 5.41) is 10.8. The minimum absolute atomic E-state index is 0.105. The summed E-state index contributed by atoms with van der Waals surface area (Å²) in [6, 6.07) is 9.68. The van der Waals surface area contributed by atoms with Crippen molar-refractivity contribution in [3.8, 4) is 11.5 Å². The topological polar surface area (TPSA) is 55.8 Å². The zero-order chi connectivity index (χ0) is 20.0. The molecule has 0 fully saturated rings. The Morgan fingerprint density at radius 1 is 1.19 bits per heavy atom. The van der Waals surface area contributed by atoms with Crippen LogP contribution in [-0.4, -0.2) is 25.3 Å².